The van der Waals surface area contributed by atoms with E-state index in [-0.39, 0.29) is 11.8 Å². The molecule has 1 atom stereocenters. The van der Waals surface area contributed by atoms with Gasteiger partial charge in [-0.15, -0.1) is 0 Å². The normalized spacial score (nSPS) is 15.5. The second-order valence-electron chi connectivity index (χ2n) is 20.5. The maximum Gasteiger partial charge on any atom is 0.159 e. The number of fused-ring (bicyclic) bond motifs is 8. The van der Waals surface area contributed by atoms with Crippen molar-refractivity contribution in [1.82, 2.24) is 0 Å². The SMILES string of the molecule is Cc1cccc2c1oc1c(N(C3=CC=C(C#N)CC3)C(/C=C\C(C)c3ccc(N(c4ccc(C#N)cc4)c4cccc5c4oc4c(C)cccc45)cc3C3c4ccccc4Sc4ccccc43)=C3/CC=CCC3)cccc12. The summed E-state index contributed by atoms with van der Waals surface area (Å²) < 4.78 is 13.8. The summed E-state index contributed by atoms with van der Waals surface area (Å²) >= 11 is 1.84. The van der Waals surface area contributed by atoms with Crippen LogP contribution in [0.3, 0.4) is 0 Å². The minimum absolute atomic E-state index is 0.0512. The molecule has 2 aliphatic carbocycles. The van der Waals surface area contributed by atoms with Gasteiger partial charge < -0.3 is 18.6 Å². The molecular formula is C70H54N4O2S. The molecule has 0 radical (unpaired) electrons. The zero-order chi connectivity index (χ0) is 52.1. The Labute approximate surface area is 453 Å². The largest absolute Gasteiger partial charge is 0.454 e. The molecule has 6 nitrogen and oxygen atoms in total. The van der Waals surface area contributed by atoms with Crippen LogP contribution in [0.2, 0.25) is 0 Å². The van der Waals surface area contributed by atoms with Crippen molar-refractivity contribution in [1.29, 1.82) is 10.5 Å². The lowest BCUT2D eigenvalue weighted by Gasteiger charge is -2.33. The number of para-hydroxylation sites is 4. The molecule has 0 spiro atoms. The molecule has 372 valence electrons. The van der Waals surface area contributed by atoms with E-state index in [0.29, 0.717) is 18.4 Å². The molecule has 2 aromatic heterocycles. The van der Waals surface area contributed by atoms with Gasteiger partial charge in [0.05, 0.1) is 29.1 Å². The lowest BCUT2D eigenvalue weighted by atomic mass is 9.79. The summed E-state index contributed by atoms with van der Waals surface area (Å²) in [4.78, 5) is 7.23. The number of allylic oxidation sites excluding steroid dienone is 9. The van der Waals surface area contributed by atoms with Gasteiger partial charge in [-0.2, -0.15) is 10.5 Å². The van der Waals surface area contributed by atoms with Gasteiger partial charge in [0.2, 0.25) is 0 Å². The first-order valence-corrected chi connectivity index (χ1v) is 27.4. The Kier molecular flexibility index (Phi) is 12.3. The Balaban J connectivity index is 1.02. The van der Waals surface area contributed by atoms with Crippen LogP contribution in [0, 0.1) is 36.5 Å². The third-order valence-corrected chi connectivity index (χ3v) is 17.0. The number of nitriles is 2. The summed E-state index contributed by atoms with van der Waals surface area (Å²) in [6.07, 6.45) is 17.6. The predicted molar refractivity (Wildman–Crippen MR) is 315 cm³/mol. The van der Waals surface area contributed by atoms with Gasteiger partial charge >= 0.3 is 0 Å². The number of anilines is 4. The summed E-state index contributed by atoms with van der Waals surface area (Å²) in [7, 11) is 0. The minimum Gasteiger partial charge on any atom is -0.454 e. The fraction of sp³-hybridized carbons (Fsp3) is 0.143. The van der Waals surface area contributed by atoms with Gasteiger partial charge in [0.1, 0.15) is 11.2 Å². The molecule has 10 aromatic rings. The van der Waals surface area contributed by atoms with Crippen LogP contribution in [0.1, 0.15) is 89.8 Å². The minimum atomic E-state index is -0.0811. The van der Waals surface area contributed by atoms with E-state index in [0.717, 1.165) is 114 Å². The van der Waals surface area contributed by atoms with Gasteiger partial charge in [0.15, 0.2) is 11.2 Å². The molecule has 1 aliphatic heterocycles. The molecular weight excluding hydrogens is 961 g/mol. The Morgan fingerprint density at radius 1 is 0.597 bits per heavy atom. The highest BCUT2D eigenvalue weighted by Gasteiger charge is 2.32. The lowest BCUT2D eigenvalue weighted by molar-refractivity contribution is 0.664. The summed E-state index contributed by atoms with van der Waals surface area (Å²) in [6, 6.07) is 63.1. The first kappa shape index (κ1) is 47.7. The van der Waals surface area contributed by atoms with E-state index in [1.54, 1.807) is 0 Å². The third-order valence-electron chi connectivity index (χ3n) is 15.8. The smallest absolute Gasteiger partial charge is 0.159 e. The summed E-state index contributed by atoms with van der Waals surface area (Å²) in [6.45, 7) is 6.54. The molecule has 3 heterocycles. The molecule has 7 heteroatoms. The van der Waals surface area contributed by atoms with Crippen molar-refractivity contribution in [3.05, 3.63) is 262 Å². The van der Waals surface area contributed by atoms with Gasteiger partial charge in [-0.1, -0.05) is 140 Å². The van der Waals surface area contributed by atoms with Crippen LogP contribution in [-0.2, 0) is 0 Å². The van der Waals surface area contributed by atoms with E-state index in [1.165, 1.54) is 37.6 Å². The molecule has 8 aromatic carbocycles. The number of rotatable bonds is 10. The van der Waals surface area contributed by atoms with Crippen LogP contribution in [0.5, 0.6) is 0 Å². The van der Waals surface area contributed by atoms with E-state index >= 15 is 0 Å². The fourth-order valence-corrected chi connectivity index (χ4v) is 13.1. The Morgan fingerprint density at radius 2 is 1.21 bits per heavy atom. The summed E-state index contributed by atoms with van der Waals surface area (Å²) in [5, 5.41) is 24.3. The van der Waals surface area contributed by atoms with Crippen molar-refractivity contribution in [2.75, 3.05) is 9.80 Å². The number of furan rings is 2. The quantitative estimate of drug-likeness (QED) is 0.126. The van der Waals surface area contributed by atoms with Crippen LogP contribution in [0.4, 0.5) is 22.7 Å². The van der Waals surface area contributed by atoms with E-state index in [4.69, 9.17) is 8.83 Å². The first-order chi connectivity index (χ1) is 37.8. The van der Waals surface area contributed by atoms with Crippen molar-refractivity contribution < 1.29 is 8.83 Å². The first-order valence-electron chi connectivity index (χ1n) is 26.6. The van der Waals surface area contributed by atoms with E-state index in [2.05, 4.69) is 213 Å². The van der Waals surface area contributed by atoms with Crippen molar-refractivity contribution in [3.63, 3.8) is 0 Å². The molecule has 0 saturated heterocycles. The number of aryl methyl sites for hydroxylation is 2. The second kappa shape index (κ2) is 19.9. The fourth-order valence-electron chi connectivity index (χ4n) is 11.9. The van der Waals surface area contributed by atoms with Gasteiger partial charge in [-0.05, 0) is 170 Å². The molecule has 0 bridgehead atoms. The van der Waals surface area contributed by atoms with Crippen molar-refractivity contribution >= 4 is 78.4 Å². The van der Waals surface area contributed by atoms with Gasteiger partial charge in [-0.3, -0.25) is 0 Å². The highest BCUT2D eigenvalue weighted by molar-refractivity contribution is 7.99. The van der Waals surface area contributed by atoms with Crippen molar-refractivity contribution in [3.8, 4) is 12.1 Å². The monoisotopic (exact) mass is 1010 g/mol. The average molecular weight is 1020 g/mol. The van der Waals surface area contributed by atoms with Crippen LogP contribution in [0.15, 0.2) is 241 Å². The Morgan fingerprint density at radius 3 is 1.82 bits per heavy atom. The zero-order valence-corrected chi connectivity index (χ0v) is 44.1. The summed E-state index contributed by atoms with van der Waals surface area (Å²) in [5.41, 5.74) is 19.4. The molecule has 13 rings (SSSR count). The van der Waals surface area contributed by atoms with Crippen LogP contribution in [0.25, 0.3) is 43.9 Å². The number of benzene rings is 8. The van der Waals surface area contributed by atoms with E-state index in [1.807, 2.05) is 42.1 Å². The standard InChI is InChI=1S/C70H54N4O2S/c1-44(29-40-61(49-17-5-4-6-18-49)74(51-36-32-48(43-72)33-37-51)63-26-14-24-57-55-22-12-16-46(3)68(55)76-70(57)63)53-39-38-52(41-60(53)66-58-19-7-9-27-64(58)77-65-28-10-8-20-59(65)66)73(50-34-30-47(42-71)31-35-50)62-25-13-23-56-54-21-11-15-45(2)67(54)75-69(56)62/h4-5,7-16,19-32,34-36,38-41,44,66H,6,17-18,33,37H2,1-3H3/b40-29-,61-49-. The Hall–Kier alpha value is -9.01. The molecule has 3 aliphatic rings. The molecule has 0 amide bonds. The van der Waals surface area contributed by atoms with Gasteiger partial charge in [-0.25, -0.2) is 0 Å². The number of hydrogen-bond donors (Lipinski definition) is 0. The lowest BCUT2D eigenvalue weighted by Crippen LogP contribution is -2.24. The predicted octanol–water partition coefficient (Wildman–Crippen LogP) is 19.4. The maximum atomic E-state index is 10.0. The van der Waals surface area contributed by atoms with Crippen molar-refractivity contribution in [2.45, 2.75) is 74.5 Å². The van der Waals surface area contributed by atoms with Crippen molar-refractivity contribution in [2.24, 2.45) is 0 Å². The third kappa shape index (κ3) is 8.45. The Bertz CT molecular complexity index is 4220. The molecule has 0 fully saturated rings. The zero-order valence-electron chi connectivity index (χ0n) is 43.3. The van der Waals surface area contributed by atoms with E-state index < -0.39 is 0 Å². The number of hydrogen-bond acceptors (Lipinski definition) is 7. The average Bonchev–Trinajstić information content (AvgIpc) is 4.08. The molecule has 77 heavy (non-hydrogen) atoms. The van der Waals surface area contributed by atoms with Gasteiger partial charge in [0.25, 0.3) is 0 Å². The van der Waals surface area contributed by atoms with Crippen LogP contribution < -0.4 is 9.80 Å². The topological polar surface area (TPSA) is 80.3 Å². The second-order valence-corrected chi connectivity index (χ2v) is 21.6. The van der Waals surface area contributed by atoms with E-state index in [9.17, 15) is 10.5 Å². The van der Waals surface area contributed by atoms with Gasteiger partial charge in [0, 0.05) is 65.6 Å². The maximum absolute atomic E-state index is 10.0. The summed E-state index contributed by atoms with van der Waals surface area (Å²) in [5.74, 6) is -0.132. The highest BCUT2D eigenvalue weighted by Crippen LogP contribution is 2.52. The van der Waals surface area contributed by atoms with Crippen LogP contribution in [-0.4, -0.2) is 0 Å². The van der Waals surface area contributed by atoms with Crippen LogP contribution >= 0.6 is 11.8 Å². The molecule has 0 saturated carbocycles. The number of nitrogens with zero attached hydrogens (tertiary/aromatic N) is 4. The molecule has 0 N–H and O–H groups in total. The molecule has 1 unspecified atom stereocenters. The highest BCUT2D eigenvalue weighted by atomic mass is 32.2.